The van der Waals surface area contributed by atoms with E-state index < -0.39 is 17.9 Å². The zero-order chi connectivity index (χ0) is 29.0. The number of carbonyl (C=O) groups excluding carboxylic acids is 2. The molecule has 1 fully saturated rings. The van der Waals surface area contributed by atoms with Gasteiger partial charge in [-0.1, -0.05) is 38.7 Å². The van der Waals surface area contributed by atoms with Gasteiger partial charge in [0.2, 0.25) is 11.8 Å². The largest absolute Gasteiger partial charge is 0.464 e. The van der Waals surface area contributed by atoms with Crippen LogP contribution in [0.1, 0.15) is 116 Å². The number of hydrogen-bond acceptors (Lipinski definition) is 10. The first-order valence-corrected chi connectivity index (χ1v) is 14.7. The van der Waals surface area contributed by atoms with Crippen LogP contribution >= 0.6 is 11.3 Å². The van der Waals surface area contributed by atoms with Crippen LogP contribution in [0.5, 0.6) is 0 Å². The number of allylic oxidation sites excluding steroid dienone is 2. The van der Waals surface area contributed by atoms with Crippen LogP contribution in [0.15, 0.2) is 31.7 Å². The fourth-order valence-electron chi connectivity index (χ4n) is 5.00. The Kier molecular flexibility index (Phi) is 9.44. The van der Waals surface area contributed by atoms with E-state index in [1.165, 1.54) is 56.7 Å². The predicted octanol–water partition coefficient (Wildman–Crippen LogP) is 6.53. The Labute approximate surface area is 239 Å². The predicted molar refractivity (Wildman–Crippen MR) is 152 cm³/mol. The molecule has 1 saturated carbocycles. The minimum Gasteiger partial charge on any atom is -0.464 e. The molecular weight excluding hydrogens is 530 g/mol. The normalized spacial score (nSPS) is 15.5. The van der Waals surface area contributed by atoms with Crippen molar-refractivity contribution in [3.05, 3.63) is 51.0 Å². The molecule has 0 unspecified atom stereocenters. The van der Waals surface area contributed by atoms with E-state index >= 15 is 0 Å². The Hall–Kier alpha value is -3.47. The van der Waals surface area contributed by atoms with E-state index in [9.17, 15) is 9.59 Å². The average Bonchev–Trinajstić information content (AvgIpc) is 3.68. The molecule has 2 atom stereocenters. The highest BCUT2D eigenvalue weighted by Crippen LogP contribution is 2.35. The summed E-state index contributed by atoms with van der Waals surface area (Å²) in [6.45, 7) is 12.1. The lowest BCUT2D eigenvalue weighted by molar-refractivity contribution is 0.0594. The first kappa shape index (κ1) is 29.5. The number of nitrogens with one attached hydrogen (secondary N) is 2. The summed E-state index contributed by atoms with van der Waals surface area (Å²) < 4.78 is 15.8. The maximum atomic E-state index is 13.0. The molecule has 3 heterocycles. The molecule has 0 saturated heterocycles. The maximum absolute atomic E-state index is 13.0. The van der Waals surface area contributed by atoms with Gasteiger partial charge in [0.05, 0.1) is 13.2 Å². The van der Waals surface area contributed by atoms with Crippen molar-refractivity contribution in [2.75, 3.05) is 7.11 Å². The van der Waals surface area contributed by atoms with E-state index in [0.717, 1.165) is 5.01 Å². The number of rotatable bonds is 10. The second-order valence-electron chi connectivity index (χ2n) is 10.9. The number of oxazole rings is 2. The summed E-state index contributed by atoms with van der Waals surface area (Å²) in [5, 5.41) is 9.53. The van der Waals surface area contributed by atoms with E-state index in [1.807, 2.05) is 5.38 Å². The molecule has 0 bridgehead atoms. The number of carbonyl (C=O) groups is 2. The molecule has 4 rings (SSSR count). The van der Waals surface area contributed by atoms with Crippen molar-refractivity contribution in [2.45, 2.75) is 85.7 Å². The van der Waals surface area contributed by atoms with Crippen molar-refractivity contribution in [3.63, 3.8) is 0 Å². The highest BCUT2D eigenvalue weighted by atomic mass is 32.1. The first-order chi connectivity index (χ1) is 19.1. The lowest BCUT2D eigenvalue weighted by Crippen LogP contribution is -2.30. The highest BCUT2D eigenvalue weighted by Gasteiger charge is 2.28. The van der Waals surface area contributed by atoms with Gasteiger partial charge in [0.15, 0.2) is 11.4 Å². The maximum Gasteiger partial charge on any atom is 0.360 e. The van der Waals surface area contributed by atoms with Gasteiger partial charge < -0.3 is 24.2 Å². The van der Waals surface area contributed by atoms with Crippen LogP contribution in [0.4, 0.5) is 0 Å². The molecule has 1 amide bonds. The van der Waals surface area contributed by atoms with E-state index in [0.29, 0.717) is 29.2 Å². The Morgan fingerprint density at radius 1 is 1.07 bits per heavy atom. The van der Waals surface area contributed by atoms with Crippen LogP contribution in [-0.2, 0) is 4.74 Å². The van der Waals surface area contributed by atoms with Gasteiger partial charge in [0, 0.05) is 11.1 Å². The smallest absolute Gasteiger partial charge is 0.360 e. The topological polar surface area (TPSA) is 132 Å². The number of esters is 1. The molecule has 1 aliphatic carbocycles. The molecule has 2 N–H and O–H groups in total. The van der Waals surface area contributed by atoms with Crippen molar-refractivity contribution < 1.29 is 23.2 Å². The summed E-state index contributed by atoms with van der Waals surface area (Å²) in [7, 11) is 1.26. The van der Waals surface area contributed by atoms with Crippen molar-refractivity contribution >= 4 is 23.2 Å². The van der Waals surface area contributed by atoms with E-state index in [4.69, 9.17) is 13.8 Å². The number of nitrogens with zero attached hydrogens (tertiary/aromatic N) is 3. The molecule has 3 aromatic heterocycles. The number of amides is 1. The van der Waals surface area contributed by atoms with Crippen molar-refractivity contribution in [2.24, 2.45) is 11.8 Å². The van der Waals surface area contributed by atoms with Crippen molar-refractivity contribution in [1.29, 1.82) is 0 Å². The van der Waals surface area contributed by atoms with Gasteiger partial charge in [0.25, 0.3) is 5.91 Å². The van der Waals surface area contributed by atoms with Crippen LogP contribution in [-0.4, -0.2) is 33.9 Å². The summed E-state index contributed by atoms with van der Waals surface area (Å²) in [5.41, 5.74) is 3.45. The first-order valence-electron chi connectivity index (χ1n) is 13.8. The van der Waals surface area contributed by atoms with Gasteiger partial charge in [-0.05, 0) is 52.4 Å². The van der Waals surface area contributed by atoms with Gasteiger partial charge in [-0.15, -0.1) is 11.3 Å². The molecule has 40 heavy (non-hydrogen) atoms. The monoisotopic (exact) mass is 569 g/mol. The molecule has 0 aromatic carbocycles. The van der Waals surface area contributed by atoms with Crippen LogP contribution in [0.2, 0.25) is 0 Å². The fourth-order valence-corrected chi connectivity index (χ4v) is 6.01. The number of ether oxygens (including phenoxy) is 1. The third kappa shape index (κ3) is 6.63. The molecule has 1 aliphatic rings. The van der Waals surface area contributed by atoms with Gasteiger partial charge >= 0.3 is 5.97 Å². The Balaban J connectivity index is 1.49. The number of hydrogen-bond donors (Lipinski definition) is 2. The van der Waals surface area contributed by atoms with Crippen LogP contribution in [0, 0.1) is 18.8 Å². The SMILES string of the molecule is COC(=O)c1coc([C@H](C)NC(=O)c2nc(-c3csc([C@@H](NC(=C(C)C)C4CCCCC4)C(C)C)n3)oc2C)n1. The van der Waals surface area contributed by atoms with Gasteiger partial charge in [-0.25, -0.2) is 19.7 Å². The molecule has 0 spiro atoms. The lowest BCUT2D eigenvalue weighted by Gasteiger charge is -2.31. The molecule has 3 aromatic rings. The number of aromatic nitrogens is 3. The summed E-state index contributed by atoms with van der Waals surface area (Å²) in [6.07, 6.45) is 7.52. The van der Waals surface area contributed by atoms with Crippen LogP contribution < -0.4 is 10.6 Å². The number of aryl methyl sites for hydroxylation is 1. The lowest BCUT2D eigenvalue weighted by atomic mass is 9.85. The summed E-state index contributed by atoms with van der Waals surface area (Å²) >= 11 is 1.56. The van der Waals surface area contributed by atoms with E-state index in [-0.39, 0.29) is 23.3 Å². The molecule has 11 heteroatoms. The van der Waals surface area contributed by atoms with Gasteiger partial charge in [-0.3, -0.25) is 4.79 Å². The molecule has 216 valence electrons. The van der Waals surface area contributed by atoms with Crippen molar-refractivity contribution in [3.8, 4) is 11.6 Å². The van der Waals surface area contributed by atoms with Gasteiger partial charge in [0.1, 0.15) is 28.8 Å². The second-order valence-corrected chi connectivity index (χ2v) is 11.8. The number of methoxy groups -OCH3 is 1. The second kappa shape index (κ2) is 12.8. The Morgan fingerprint density at radius 2 is 1.80 bits per heavy atom. The van der Waals surface area contributed by atoms with Crippen LogP contribution in [0.3, 0.4) is 0 Å². The van der Waals surface area contributed by atoms with Crippen LogP contribution in [0.25, 0.3) is 11.6 Å². The zero-order valence-electron chi connectivity index (χ0n) is 24.3. The quantitative estimate of drug-likeness (QED) is 0.261. The zero-order valence-corrected chi connectivity index (χ0v) is 25.1. The molecular formula is C29H39N5O5S. The third-order valence-corrected chi connectivity index (χ3v) is 8.11. The fraction of sp³-hybridized carbons (Fsp3) is 0.552. The Bertz CT molecular complexity index is 1360. The van der Waals surface area contributed by atoms with E-state index in [2.05, 4.69) is 53.0 Å². The van der Waals surface area contributed by atoms with Crippen molar-refractivity contribution in [1.82, 2.24) is 25.6 Å². The Morgan fingerprint density at radius 3 is 2.45 bits per heavy atom. The third-order valence-electron chi connectivity index (χ3n) is 7.18. The average molecular weight is 570 g/mol. The summed E-state index contributed by atoms with van der Waals surface area (Å²) in [5.74, 6) is 0.667. The van der Waals surface area contributed by atoms with Gasteiger partial charge in [-0.2, -0.15) is 0 Å². The standard InChI is InChI=1S/C29H39N5O5S/c1-15(2)22(19-11-9-8-10-12-19)33-23(16(3)4)28-32-21(14-40-28)27-34-24(18(6)39-27)25(35)30-17(5)26-31-20(13-38-26)29(36)37-7/h13-14,16-17,19,23,33H,8-12H2,1-7H3,(H,30,35)/t17-,23-/m0/s1. The summed E-state index contributed by atoms with van der Waals surface area (Å²) in [4.78, 5) is 38.1. The molecule has 0 radical (unpaired) electrons. The number of thiazole rings is 1. The van der Waals surface area contributed by atoms with E-state index in [1.54, 1.807) is 25.2 Å². The summed E-state index contributed by atoms with van der Waals surface area (Å²) in [6, 6.07) is -0.552. The molecule has 10 nitrogen and oxygen atoms in total. The minimum atomic E-state index is -0.617. The highest BCUT2D eigenvalue weighted by molar-refractivity contribution is 7.10. The minimum absolute atomic E-state index is 0.0301. The molecule has 0 aliphatic heterocycles.